The van der Waals surface area contributed by atoms with Crippen LogP contribution in [0.2, 0.25) is 0 Å². The zero-order valence-corrected chi connectivity index (χ0v) is 18.7. The van der Waals surface area contributed by atoms with Gasteiger partial charge in [0.05, 0.1) is 19.4 Å². The summed E-state index contributed by atoms with van der Waals surface area (Å²) in [5.74, 6) is 2.71. The van der Waals surface area contributed by atoms with Crippen LogP contribution in [-0.4, -0.2) is 33.1 Å². The van der Waals surface area contributed by atoms with Gasteiger partial charge in [0.1, 0.15) is 31.0 Å². The van der Waals surface area contributed by atoms with Gasteiger partial charge in [-0.1, -0.05) is 17.3 Å². The largest absolute Gasteiger partial charge is 0.493 e. The molecular weight excluding hydrogens is 378 g/mol. The van der Waals surface area contributed by atoms with E-state index in [1.54, 1.807) is 6.21 Å². The molecule has 0 aliphatic carbocycles. The predicted octanol–water partition coefficient (Wildman–Crippen LogP) is 5.79. The highest BCUT2D eigenvalue weighted by Gasteiger charge is 2.07. The van der Waals surface area contributed by atoms with Crippen molar-refractivity contribution in [2.24, 2.45) is 5.16 Å². The van der Waals surface area contributed by atoms with Crippen LogP contribution in [0.25, 0.3) is 0 Å². The second kappa shape index (κ2) is 12.6. The number of oxime groups is 1. The lowest BCUT2D eigenvalue weighted by atomic mass is 10.1. The number of hydrogen-bond donors (Lipinski definition) is 0. The van der Waals surface area contributed by atoms with E-state index < -0.39 is 0 Å². The van der Waals surface area contributed by atoms with Crippen molar-refractivity contribution >= 4 is 6.21 Å². The molecule has 0 heterocycles. The van der Waals surface area contributed by atoms with Crippen molar-refractivity contribution in [1.29, 1.82) is 0 Å². The zero-order chi connectivity index (χ0) is 21.8. The first kappa shape index (κ1) is 23.3. The Morgan fingerprint density at radius 1 is 0.867 bits per heavy atom. The summed E-state index contributed by atoms with van der Waals surface area (Å²) < 4.78 is 17.7. The fraction of sp³-hybridized carbons (Fsp3) is 0.400. The van der Waals surface area contributed by atoms with Crippen molar-refractivity contribution in [3.05, 3.63) is 64.7 Å². The van der Waals surface area contributed by atoms with Crippen LogP contribution >= 0.6 is 0 Å². The number of unbranched alkanes of at least 4 members (excludes halogenated alkanes) is 1. The van der Waals surface area contributed by atoms with Crippen LogP contribution in [-0.2, 0) is 4.84 Å². The lowest BCUT2D eigenvalue weighted by molar-refractivity contribution is 0.215. The van der Waals surface area contributed by atoms with Crippen LogP contribution in [0.4, 0.5) is 0 Å². The van der Waals surface area contributed by atoms with E-state index >= 15 is 0 Å². The number of rotatable bonds is 12. The summed E-state index contributed by atoms with van der Waals surface area (Å²) in [4.78, 5) is 4.71. The van der Waals surface area contributed by atoms with E-state index in [1.807, 2.05) is 56.3 Å². The molecule has 0 unspecified atom stereocenters. The molecule has 2 aromatic rings. The van der Waals surface area contributed by atoms with Gasteiger partial charge in [0, 0.05) is 0 Å². The van der Waals surface area contributed by atoms with E-state index in [2.05, 4.69) is 19.0 Å². The fourth-order valence-electron chi connectivity index (χ4n) is 3.05. The predicted molar refractivity (Wildman–Crippen MR) is 122 cm³/mol. The molecule has 0 bridgehead atoms. The molecule has 30 heavy (non-hydrogen) atoms. The Bertz CT molecular complexity index is 835. The molecule has 0 amide bonds. The van der Waals surface area contributed by atoms with Gasteiger partial charge in [-0.15, -0.1) is 0 Å². The molecule has 0 aliphatic rings. The number of ether oxygens (including phenoxy) is 3. The third kappa shape index (κ3) is 7.47. The summed E-state index contributed by atoms with van der Waals surface area (Å²) in [7, 11) is 1.53. The summed E-state index contributed by atoms with van der Waals surface area (Å²) in [6, 6.07) is 10.0. The molecule has 5 heteroatoms. The van der Waals surface area contributed by atoms with Crippen molar-refractivity contribution in [3.63, 3.8) is 0 Å². The van der Waals surface area contributed by atoms with Crippen molar-refractivity contribution in [3.8, 4) is 17.2 Å². The van der Waals surface area contributed by atoms with Gasteiger partial charge in [0.2, 0.25) is 0 Å². The Labute approximate surface area is 180 Å². The average Bonchev–Trinajstić information content (AvgIpc) is 2.72. The highest BCUT2D eigenvalue weighted by molar-refractivity contribution is 5.79. The van der Waals surface area contributed by atoms with E-state index in [9.17, 15) is 0 Å². The number of hydrogen-bond acceptors (Lipinski definition) is 5. The fourth-order valence-corrected chi connectivity index (χ4v) is 3.05. The zero-order valence-electron chi connectivity index (χ0n) is 18.7. The molecule has 0 fully saturated rings. The summed E-state index contributed by atoms with van der Waals surface area (Å²) in [6.07, 6.45) is 7.50. The molecule has 2 aromatic carbocycles. The second-order valence-electron chi connectivity index (χ2n) is 7.11. The number of benzene rings is 2. The maximum absolute atomic E-state index is 6.03. The van der Waals surface area contributed by atoms with Crippen LogP contribution in [0.3, 0.4) is 0 Å². The average molecular weight is 412 g/mol. The summed E-state index contributed by atoms with van der Waals surface area (Å²) in [6.45, 7) is 10.0. The third-order valence-corrected chi connectivity index (χ3v) is 4.56. The van der Waals surface area contributed by atoms with Gasteiger partial charge in [-0.2, -0.15) is 0 Å². The minimum Gasteiger partial charge on any atom is -0.493 e. The number of nitrogens with zero attached hydrogens (tertiary/aromatic N) is 1. The molecule has 0 saturated heterocycles. The molecule has 0 radical (unpaired) electrons. The Morgan fingerprint density at radius 3 is 2.20 bits per heavy atom. The SMILES string of the molecule is C/C=C/COc1cc(C)c(OCCCCOc2ccc(C=NOC)cc2C)c(C)c1. The van der Waals surface area contributed by atoms with Gasteiger partial charge < -0.3 is 19.0 Å². The second-order valence-corrected chi connectivity index (χ2v) is 7.11. The molecule has 2 rings (SSSR count). The van der Waals surface area contributed by atoms with Crippen LogP contribution in [0, 0.1) is 20.8 Å². The Hall–Kier alpha value is -2.95. The molecule has 0 aromatic heterocycles. The molecule has 0 N–H and O–H groups in total. The smallest absolute Gasteiger partial charge is 0.125 e. The molecule has 0 spiro atoms. The van der Waals surface area contributed by atoms with Gasteiger partial charge >= 0.3 is 0 Å². The van der Waals surface area contributed by atoms with E-state index in [1.165, 1.54) is 7.11 Å². The molecule has 162 valence electrons. The molecule has 0 aliphatic heterocycles. The normalized spacial score (nSPS) is 11.2. The quantitative estimate of drug-likeness (QED) is 0.192. The summed E-state index contributed by atoms with van der Waals surface area (Å²) >= 11 is 0. The van der Waals surface area contributed by atoms with Crippen molar-refractivity contribution in [2.75, 3.05) is 26.9 Å². The van der Waals surface area contributed by atoms with Gasteiger partial charge in [-0.3, -0.25) is 0 Å². The topological polar surface area (TPSA) is 49.3 Å². The highest BCUT2D eigenvalue weighted by Crippen LogP contribution is 2.28. The number of aryl methyl sites for hydroxylation is 3. The molecule has 5 nitrogen and oxygen atoms in total. The Morgan fingerprint density at radius 2 is 1.57 bits per heavy atom. The lowest BCUT2D eigenvalue weighted by Crippen LogP contribution is -2.05. The van der Waals surface area contributed by atoms with Crippen LogP contribution in [0.1, 0.15) is 42.0 Å². The Kier molecular flexibility index (Phi) is 9.78. The van der Waals surface area contributed by atoms with Gasteiger partial charge in [-0.05, 0) is 93.1 Å². The maximum atomic E-state index is 6.03. The first-order valence-electron chi connectivity index (χ1n) is 10.3. The summed E-state index contributed by atoms with van der Waals surface area (Å²) in [5, 5.41) is 3.78. The van der Waals surface area contributed by atoms with E-state index in [0.29, 0.717) is 19.8 Å². The van der Waals surface area contributed by atoms with Crippen LogP contribution in [0.15, 0.2) is 47.6 Å². The highest BCUT2D eigenvalue weighted by atomic mass is 16.6. The van der Waals surface area contributed by atoms with E-state index in [0.717, 1.165) is 52.3 Å². The minimum absolute atomic E-state index is 0.582. The minimum atomic E-state index is 0.582. The molecule has 0 saturated carbocycles. The first-order chi connectivity index (χ1) is 14.5. The third-order valence-electron chi connectivity index (χ3n) is 4.56. The maximum Gasteiger partial charge on any atom is 0.125 e. The van der Waals surface area contributed by atoms with Crippen molar-refractivity contribution in [1.82, 2.24) is 0 Å². The molecular formula is C25H33NO4. The summed E-state index contributed by atoms with van der Waals surface area (Å²) in [5.41, 5.74) is 4.25. The molecule has 0 atom stereocenters. The monoisotopic (exact) mass is 411 g/mol. The van der Waals surface area contributed by atoms with Crippen LogP contribution < -0.4 is 14.2 Å². The lowest BCUT2D eigenvalue weighted by Gasteiger charge is -2.14. The standard InChI is InChI=1S/C25H33NO4/c1-6-7-12-28-23-16-20(3)25(21(4)17-23)30-14-9-8-13-29-24-11-10-22(15-19(24)2)18-26-27-5/h6-7,10-11,15-18H,8-9,12-14H2,1-5H3/b7-6+,26-18?. The van der Waals surface area contributed by atoms with Crippen molar-refractivity contribution < 1.29 is 19.0 Å². The van der Waals surface area contributed by atoms with Gasteiger partial charge in [0.25, 0.3) is 0 Å². The first-order valence-corrected chi connectivity index (χ1v) is 10.3. The Balaban J connectivity index is 1.74. The van der Waals surface area contributed by atoms with Gasteiger partial charge in [0.15, 0.2) is 0 Å². The van der Waals surface area contributed by atoms with E-state index in [4.69, 9.17) is 19.0 Å². The van der Waals surface area contributed by atoms with Gasteiger partial charge in [-0.25, -0.2) is 0 Å². The van der Waals surface area contributed by atoms with Crippen LogP contribution in [0.5, 0.6) is 17.2 Å². The van der Waals surface area contributed by atoms with Crippen molar-refractivity contribution in [2.45, 2.75) is 40.5 Å². The number of allylic oxidation sites excluding steroid dienone is 1. The van der Waals surface area contributed by atoms with E-state index in [-0.39, 0.29) is 0 Å².